The first-order valence-corrected chi connectivity index (χ1v) is 5.93. The van der Waals surface area contributed by atoms with Gasteiger partial charge in [-0.3, -0.25) is 4.98 Å². The smallest absolute Gasteiger partial charge is 0.0547 e. The first kappa shape index (κ1) is 12.8. The third-order valence-corrected chi connectivity index (χ3v) is 2.63. The zero-order valence-electron chi connectivity index (χ0n) is 10.2. The fourth-order valence-corrected chi connectivity index (χ4v) is 1.63. The van der Waals surface area contributed by atoms with Gasteiger partial charge < -0.3 is 16.0 Å². The number of nitrogens with zero attached hydrogens (tertiary/aromatic N) is 2. The quantitative estimate of drug-likeness (QED) is 0.691. The Hall–Kier alpha value is -1.29. The van der Waals surface area contributed by atoms with Crippen LogP contribution in [0.4, 0.5) is 11.4 Å². The molecule has 3 N–H and O–H groups in total. The maximum Gasteiger partial charge on any atom is 0.0547 e. The molecule has 1 heterocycles. The molecule has 4 nitrogen and oxygen atoms in total. The summed E-state index contributed by atoms with van der Waals surface area (Å²) in [5, 5.41) is 3.32. The van der Waals surface area contributed by atoms with E-state index in [4.69, 9.17) is 5.73 Å². The molecule has 0 aromatic carbocycles. The maximum atomic E-state index is 5.64. The SMILES string of the molecule is CCN(CC)CCCNc1cncc(N)c1. The molecular formula is C12H22N4. The highest BCUT2D eigenvalue weighted by Gasteiger charge is 1.98. The molecule has 4 heteroatoms. The van der Waals surface area contributed by atoms with Crippen molar-refractivity contribution in [3.63, 3.8) is 0 Å². The van der Waals surface area contributed by atoms with Crippen molar-refractivity contribution < 1.29 is 0 Å². The van der Waals surface area contributed by atoms with Crippen LogP contribution in [0.15, 0.2) is 18.5 Å². The normalized spacial score (nSPS) is 10.7. The molecule has 0 amide bonds. The second kappa shape index (κ2) is 7.06. The van der Waals surface area contributed by atoms with Crippen LogP contribution < -0.4 is 11.1 Å². The van der Waals surface area contributed by atoms with E-state index in [1.807, 2.05) is 6.07 Å². The van der Waals surface area contributed by atoms with Gasteiger partial charge in [0.15, 0.2) is 0 Å². The Kier molecular flexibility index (Phi) is 5.64. The van der Waals surface area contributed by atoms with Crippen LogP contribution in [0.1, 0.15) is 20.3 Å². The number of aromatic nitrogens is 1. The lowest BCUT2D eigenvalue weighted by molar-refractivity contribution is 0.303. The van der Waals surface area contributed by atoms with Gasteiger partial charge >= 0.3 is 0 Å². The number of hydrogen-bond acceptors (Lipinski definition) is 4. The molecule has 0 atom stereocenters. The maximum absolute atomic E-state index is 5.64. The van der Waals surface area contributed by atoms with E-state index < -0.39 is 0 Å². The molecule has 1 aromatic rings. The largest absolute Gasteiger partial charge is 0.397 e. The van der Waals surface area contributed by atoms with Gasteiger partial charge in [-0.05, 0) is 32.1 Å². The fraction of sp³-hybridized carbons (Fsp3) is 0.583. The molecule has 0 unspecified atom stereocenters. The molecule has 1 aromatic heterocycles. The summed E-state index contributed by atoms with van der Waals surface area (Å²) in [6, 6.07) is 1.91. The van der Waals surface area contributed by atoms with E-state index in [0.717, 1.165) is 38.3 Å². The molecule has 0 aliphatic carbocycles. The van der Waals surface area contributed by atoms with Gasteiger partial charge in [-0.1, -0.05) is 13.8 Å². The van der Waals surface area contributed by atoms with Crippen LogP contribution in [-0.2, 0) is 0 Å². The van der Waals surface area contributed by atoms with Crippen LogP contribution in [0.25, 0.3) is 0 Å². The minimum Gasteiger partial charge on any atom is -0.397 e. The van der Waals surface area contributed by atoms with Crippen molar-refractivity contribution in [2.45, 2.75) is 20.3 Å². The average molecular weight is 222 g/mol. The van der Waals surface area contributed by atoms with Crippen molar-refractivity contribution >= 4 is 11.4 Å². The van der Waals surface area contributed by atoms with Crippen LogP contribution in [-0.4, -0.2) is 36.1 Å². The van der Waals surface area contributed by atoms with Crippen LogP contribution >= 0.6 is 0 Å². The fourth-order valence-electron chi connectivity index (χ4n) is 1.63. The van der Waals surface area contributed by atoms with Crippen LogP contribution in [0.5, 0.6) is 0 Å². The minimum absolute atomic E-state index is 0.703. The summed E-state index contributed by atoms with van der Waals surface area (Å²) in [5.74, 6) is 0. The lowest BCUT2D eigenvalue weighted by Gasteiger charge is -2.17. The van der Waals surface area contributed by atoms with Gasteiger partial charge in [0.25, 0.3) is 0 Å². The highest BCUT2D eigenvalue weighted by atomic mass is 15.1. The predicted molar refractivity (Wildman–Crippen MR) is 69.5 cm³/mol. The minimum atomic E-state index is 0.703. The van der Waals surface area contributed by atoms with Gasteiger partial charge in [0.2, 0.25) is 0 Å². The van der Waals surface area contributed by atoms with Gasteiger partial charge in [0, 0.05) is 12.7 Å². The Morgan fingerprint density at radius 2 is 2.06 bits per heavy atom. The van der Waals surface area contributed by atoms with E-state index in [0.29, 0.717) is 5.69 Å². The zero-order chi connectivity index (χ0) is 11.8. The Morgan fingerprint density at radius 1 is 1.31 bits per heavy atom. The third kappa shape index (κ3) is 4.49. The molecule has 0 aliphatic heterocycles. The molecule has 1 rings (SSSR count). The first-order valence-electron chi connectivity index (χ1n) is 5.93. The highest BCUT2D eigenvalue weighted by molar-refractivity contribution is 5.51. The molecule has 0 saturated carbocycles. The molecule has 0 radical (unpaired) electrons. The number of rotatable bonds is 7. The van der Waals surface area contributed by atoms with E-state index in [2.05, 4.69) is 29.0 Å². The summed E-state index contributed by atoms with van der Waals surface area (Å²) in [6.45, 7) is 8.72. The summed E-state index contributed by atoms with van der Waals surface area (Å²) in [4.78, 5) is 6.45. The van der Waals surface area contributed by atoms with Crippen molar-refractivity contribution in [3.05, 3.63) is 18.5 Å². The Morgan fingerprint density at radius 3 is 2.69 bits per heavy atom. The van der Waals surface area contributed by atoms with Crippen molar-refractivity contribution in [2.75, 3.05) is 37.2 Å². The Bertz CT molecular complexity index is 297. The second-order valence-corrected chi connectivity index (χ2v) is 3.81. The van der Waals surface area contributed by atoms with Gasteiger partial charge in [0.05, 0.1) is 17.6 Å². The Balaban J connectivity index is 2.20. The van der Waals surface area contributed by atoms with Crippen molar-refractivity contribution in [3.8, 4) is 0 Å². The molecule has 0 bridgehead atoms. The number of nitrogens with one attached hydrogen (secondary N) is 1. The predicted octanol–water partition coefficient (Wildman–Crippen LogP) is 1.81. The van der Waals surface area contributed by atoms with Crippen LogP contribution in [0, 0.1) is 0 Å². The molecule has 16 heavy (non-hydrogen) atoms. The van der Waals surface area contributed by atoms with E-state index in [-0.39, 0.29) is 0 Å². The van der Waals surface area contributed by atoms with Gasteiger partial charge in [-0.25, -0.2) is 0 Å². The van der Waals surface area contributed by atoms with Gasteiger partial charge in [-0.2, -0.15) is 0 Å². The molecule has 0 fully saturated rings. The number of nitrogen functional groups attached to an aromatic ring is 1. The van der Waals surface area contributed by atoms with Crippen LogP contribution in [0.3, 0.4) is 0 Å². The average Bonchev–Trinajstić information content (AvgIpc) is 2.29. The van der Waals surface area contributed by atoms with Crippen molar-refractivity contribution in [1.29, 1.82) is 0 Å². The third-order valence-electron chi connectivity index (χ3n) is 2.63. The van der Waals surface area contributed by atoms with E-state index in [1.165, 1.54) is 0 Å². The monoisotopic (exact) mass is 222 g/mol. The van der Waals surface area contributed by atoms with E-state index in [1.54, 1.807) is 12.4 Å². The first-order chi connectivity index (χ1) is 7.76. The molecule has 0 spiro atoms. The van der Waals surface area contributed by atoms with E-state index in [9.17, 15) is 0 Å². The topological polar surface area (TPSA) is 54.2 Å². The summed E-state index contributed by atoms with van der Waals surface area (Å²) < 4.78 is 0. The summed E-state index contributed by atoms with van der Waals surface area (Å²) in [6.07, 6.45) is 4.59. The molecule has 0 saturated heterocycles. The van der Waals surface area contributed by atoms with Gasteiger partial charge in [0.1, 0.15) is 0 Å². The van der Waals surface area contributed by atoms with Crippen LogP contribution in [0.2, 0.25) is 0 Å². The zero-order valence-corrected chi connectivity index (χ0v) is 10.2. The molecule has 0 aliphatic rings. The summed E-state index contributed by atoms with van der Waals surface area (Å²) in [7, 11) is 0. The second-order valence-electron chi connectivity index (χ2n) is 3.81. The van der Waals surface area contributed by atoms with Crippen molar-refractivity contribution in [1.82, 2.24) is 9.88 Å². The Labute approximate surface area is 97.9 Å². The lowest BCUT2D eigenvalue weighted by Crippen LogP contribution is -2.25. The highest BCUT2D eigenvalue weighted by Crippen LogP contribution is 2.08. The number of anilines is 2. The standard InChI is InChI=1S/C12H22N4/c1-3-16(4-2)7-5-6-15-12-8-11(13)9-14-10-12/h8-10,15H,3-7,13H2,1-2H3. The number of nitrogens with two attached hydrogens (primary N) is 1. The van der Waals surface area contributed by atoms with E-state index >= 15 is 0 Å². The molecule has 90 valence electrons. The summed E-state index contributed by atoms with van der Waals surface area (Å²) >= 11 is 0. The number of pyridine rings is 1. The molecular weight excluding hydrogens is 200 g/mol. The lowest BCUT2D eigenvalue weighted by atomic mass is 10.3. The number of hydrogen-bond donors (Lipinski definition) is 2. The van der Waals surface area contributed by atoms with Gasteiger partial charge in [-0.15, -0.1) is 0 Å². The van der Waals surface area contributed by atoms with Crippen molar-refractivity contribution in [2.24, 2.45) is 0 Å². The summed E-state index contributed by atoms with van der Waals surface area (Å²) in [5.41, 5.74) is 7.35.